The number of hydrogen-bond donors (Lipinski definition) is 1. The molecule has 0 saturated carbocycles. The maximum atomic E-state index is 12.3. The standard InChI is InChI=1S/C14H17NO3/c1-9(2)12(8-16)15-13(17)7-10-5-3-4-6-11(10)14(15)18/h3-6,9,12,16H,7-8H2,1-2H3/t12-/m0/s1. The highest BCUT2D eigenvalue weighted by molar-refractivity contribution is 6.10. The summed E-state index contributed by atoms with van der Waals surface area (Å²) in [5.41, 5.74) is 1.33. The van der Waals surface area contributed by atoms with Crippen LogP contribution in [-0.2, 0) is 11.2 Å². The Morgan fingerprint density at radius 3 is 2.56 bits per heavy atom. The first-order chi connectivity index (χ1) is 8.56. The predicted octanol–water partition coefficient (Wildman–Crippen LogP) is 1.23. The molecular formula is C14H17NO3. The van der Waals surface area contributed by atoms with Gasteiger partial charge in [0.2, 0.25) is 5.91 Å². The molecular weight excluding hydrogens is 230 g/mol. The Labute approximate surface area is 106 Å². The second-order valence-electron chi connectivity index (χ2n) is 4.90. The number of amides is 2. The molecule has 1 aliphatic heterocycles. The van der Waals surface area contributed by atoms with E-state index in [4.69, 9.17) is 0 Å². The van der Waals surface area contributed by atoms with Crippen molar-refractivity contribution < 1.29 is 14.7 Å². The van der Waals surface area contributed by atoms with Gasteiger partial charge in [0.05, 0.1) is 19.1 Å². The van der Waals surface area contributed by atoms with E-state index in [0.29, 0.717) is 5.56 Å². The molecule has 1 aromatic carbocycles. The molecule has 0 saturated heterocycles. The summed E-state index contributed by atoms with van der Waals surface area (Å²) in [4.78, 5) is 25.6. The first kappa shape index (κ1) is 12.8. The second kappa shape index (κ2) is 4.90. The maximum absolute atomic E-state index is 12.3. The van der Waals surface area contributed by atoms with Gasteiger partial charge in [-0.05, 0) is 17.5 Å². The van der Waals surface area contributed by atoms with Crippen LogP contribution in [0.4, 0.5) is 0 Å². The zero-order valence-corrected chi connectivity index (χ0v) is 10.6. The van der Waals surface area contributed by atoms with E-state index in [0.717, 1.165) is 5.56 Å². The smallest absolute Gasteiger partial charge is 0.261 e. The zero-order chi connectivity index (χ0) is 13.3. The number of fused-ring (bicyclic) bond motifs is 1. The summed E-state index contributed by atoms with van der Waals surface area (Å²) < 4.78 is 0. The van der Waals surface area contributed by atoms with Crippen molar-refractivity contribution >= 4 is 11.8 Å². The summed E-state index contributed by atoms with van der Waals surface area (Å²) in [5, 5.41) is 9.39. The van der Waals surface area contributed by atoms with Gasteiger partial charge < -0.3 is 5.11 Å². The van der Waals surface area contributed by atoms with Gasteiger partial charge in [0, 0.05) is 5.56 Å². The molecule has 0 bridgehead atoms. The molecule has 2 rings (SSSR count). The molecule has 0 aromatic heterocycles. The molecule has 0 spiro atoms. The Morgan fingerprint density at radius 1 is 1.28 bits per heavy atom. The highest BCUT2D eigenvalue weighted by atomic mass is 16.3. The molecule has 96 valence electrons. The lowest BCUT2D eigenvalue weighted by atomic mass is 9.94. The van der Waals surface area contributed by atoms with Crippen LogP contribution in [0.1, 0.15) is 29.8 Å². The number of aliphatic hydroxyl groups is 1. The van der Waals surface area contributed by atoms with Crippen LogP contribution in [0.15, 0.2) is 24.3 Å². The molecule has 2 amide bonds. The van der Waals surface area contributed by atoms with Crippen LogP contribution in [0.25, 0.3) is 0 Å². The van der Waals surface area contributed by atoms with Gasteiger partial charge in [0.15, 0.2) is 0 Å². The number of benzene rings is 1. The van der Waals surface area contributed by atoms with Gasteiger partial charge in [-0.3, -0.25) is 14.5 Å². The van der Waals surface area contributed by atoms with Crippen molar-refractivity contribution in [2.75, 3.05) is 6.61 Å². The van der Waals surface area contributed by atoms with Gasteiger partial charge in [-0.2, -0.15) is 0 Å². The molecule has 1 N–H and O–H groups in total. The largest absolute Gasteiger partial charge is 0.394 e. The van der Waals surface area contributed by atoms with Gasteiger partial charge in [-0.1, -0.05) is 32.0 Å². The quantitative estimate of drug-likeness (QED) is 0.817. The van der Waals surface area contributed by atoms with Crippen molar-refractivity contribution in [2.45, 2.75) is 26.3 Å². The fourth-order valence-electron chi connectivity index (χ4n) is 2.30. The molecule has 0 aliphatic carbocycles. The average Bonchev–Trinajstić information content (AvgIpc) is 2.34. The Hall–Kier alpha value is -1.68. The number of hydrogen-bond acceptors (Lipinski definition) is 3. The number of carbonyl (C=O) groups excluding carboxylic acids is 2. The minimum atomic E-state index is -0.446. The van der Waals surface area contributed by atoms with E-state index in [1.165, 1.54) is 4.90 Å². The molecule has 1 aromatic rings. The third kappa shape index (κ3) is 2.04. The molecule has 18 heavy (non-hydrogen) atoms. The topological polar surface area (TPSA) is 57.6 Å². The molecule has 0 fully saturated rings. The van der Waals surface area contributed by atoms with E-state index in [1.54, 1.807) is 18.2 Å². The third-order valence-electron chi connectivity index (χ3n) is 3.37. The number of nitrogens with zero attached hydrogens (tertiary/aromatic N) is 1. The third-order valence-corrected chi connectivity index (χ3v) is 3.37. The van der Waals surface area contributed by atoms with Crippen LogP contribution in [0, 0.1) is 5.92 Å². The predicted molar refractivity (Wildman–Crippen MR) is 67.0 cm³/mol. The summed E-state index contributed by atoms with van der Waals surface area (Å²) in [6.45, 7) is 3.58. The summed E-state index contributed by atoms with van der Waals surface area (Å²) in [5.74, 6) is -0.491. The maximum Gasteiger partial charge on any atom is 0.261 e. The number of aliphatic hydroxyl groups excluding tert-OH is 1. The molecule has 1 aliphatic rings. The van der Waals surface area contributed by atoms with Gasteiger partial charge in [-0.25, -0.2) is 0 Å². The van der Waals surface area contributed by atoms with Gasteiger partial charge in [0.1, 0.15) is 0 Å². The van der Waals surface area contributed by atoms with Crippen LogP contribution in [0.3, 0.4) is 0 Å². The van der Waals surface area contributed by atoms with E-state index < -0.39 is 6.04 Å². The minimum Gasteiger partial charge on any atom is -0.394 e. The first-order valence-electron chi connectivity index (χ1n) is 6.11. The monoisotopic (exact) mass is 247 g/mol. The average molecular weight is 247 g/mol. The lowest BCUT2D eigenvalue weighted by Crippen LogP contribution is -2.52. The van der Waals surface area contributed by atoms with Crippen LogP contribution in [0.5, 0.6) is 0 Å². The van der Waals surface area contributed by atoms with Crippen LogP contribution < -0.4 is 0 Å². The SMILES string of the molecule is CC(C)[C@H](CO)N1C(=O)Cc2ccccc2C1=O. The summed E-state index contributed by atoms with van der Waals surface area (Å²) in [6, 6.07) is 6.69. The van der Waals surface area contributed by atoms with Gasteiger partial charge in [0.25, 0.3) is 5.91 Å². The van der Waals surface area contributed by atoms with E-state index in [9.17, 15) is 14.7 Å². The summed E-state index contributed by atoms with van der Waals surface area (Å²) >= 11 is 0. The number of rotatable bonds is 3. The fourth-order valence-corrected chi connectivity index (χ4v) is 2.30. The van der Waals surface area contributed by atoms with Crippen molar-refractivity contribution in [1.29, 1.82) is 0 Å². The van der Waals surface area contributed by atoms with Crippen molar-refractivity contribution in [3.8, 4) is 0 Å². The van der Waals surface area contributed by atoms with Gasteiger partial charge >= 0.3 is 0 Å². The van der Waals surface area contributed by atoms with Crippen molar-refractivity contribution in [2.24, 2.45) is 5.92 Å². The number of carbonyl (C=O) groups is 2. The highest BCUT2D eigenvalue weighted by Gasteiger charge is 2.36. The Kier molecular flexibility index (Phi) is 3.48. The van der Waals surface area contributed by atoms with Crippen LogP contribution in [0.2, 0.25) is 0 Å². The Morgan fingerprint density at radius 2 is 1.94 bits per heavy atom. The molecule has 0 radical (unpaired) electrons. The molecule has 1 atom stereocenters. The Bertz CT molecular complexity index is 482. The van der Waals surface area contributed by atoms with Crippen molar-refractivity contribution in [3.05, 3.63) is 35.4 Å². The van der Waals surface area contributed by atoms with E-state index >= 15 is 0 Å². The Balaban J connectivity index is 2.40. The first-order valence-corrected chi connectivity index (χ1v) is 6.11. The highest BCUT2D eigenvalue weighted by Crippen LogP contribution is 2.23. The van der Waals surface area contributed by atoms with Crippen molar-refractivity contribution in [1.82, 2.24) is 4.90 Å². The minimum absolute atomic E-state index is 0.0353. The zero-order valence-electron chi connectivity index (χ0n) is 10.6. The fraction of sp³-hybridized carbons (Fsp3) is 0.429. The van der Waals surface area contributed by atoms with Crippen LogP contribution in [-0.4, -0.2) is 34.5 Å². The lowest BCUT2D eigenvalue weighted by molar-refractivity contribution is -0.131. The molecule has 4 heteroatoms. The van der Waals surface area contributed by atoms with Gasteiger partial charge in [-0.15, -0.1) is 0 Å². The van der Waals surface area contributed by atoms with E-state index in [2.05, 4.69) is 0 Å². The van der Waals surface area contributed by atoms with E-state index in [1.807, 2.05) is 19.9 Å². The molecule has 0 unspecified atom stereocenters. The molecule has 4 nitrogen and oxygen atoms in total. The van der Waals surface area contributed by atoms with Crippen molar-refractivity contribution in [3.63, 3.8) is 0 Å². The second-order valence-corrected chi connectivity index (χ2v) is 4.90. The van der Waals surface area contributed by atoms with Crippen LogP contribution >= 0.6 is 0 Å². The van der Waals surface area contributed by atoms with E-state index in [-0.39, 0.29) is 30.8 Å². The molecule has 1 heterocycles. The number of imide groups is 1. The summed E-state index contributed by atoms with van der Waals surface area (Å²) in [7, 11) is 0. The normalized spacial score (nSPS) is 17.0. The lowest BCUT2D eigenvalue weighted by Gasteiger charge is -2.34. The summed E-state index contributed by atoms with van der Waals surface area (Å²) in [6.07, 6.45) is 0.227.